The number of fused-ring (bicyclic) bond motifs is 1. The summed E-state index contributed by atoms with van der Waals surface area (Å²) < 4.78 is 6.92. The van der Waals surface area contributed by atoms with Gasteiger partial charge in [-0.05, 0) is 49.2 Å². The van der Waals surface area contributed by atoms with Gasteiger partial charge in [-0.2, -0.15) is 0 Å². The fraction of sp³-hybridized carbons (Fsp3) is 0.250. The average Bonchev–Trinajstić information content (AvgIpc) is 2.68. The molecule has 140 valence electrons. The summed E-state index contributed by atoms with van der Waals surface area (Å²) in [5.74, 6) is 0.555. The fourth-order valence-corrected chi connectivity index (χ4v) is 2.73. The molecule has 0 saturated carbocycles. The zero-order chi connectivity index (χ0) is 19.1. The molecule has 1 amide bonds. The van der Waals surface area contributed by atoms with E-state index in [0.29, 0.717) is 29.1 Å². The Labute approximate surface area is 161 Å². The van der Waals surface area contributed by atoms with E-state index in [4.69, 9.17) is 16.3 Å². The predicted molar refractivity (Wildman–Crippen MR) is 105 cm³/mol. The number of ether oxygens (including phenoxy) is 1. The number of rotatable bonds is 8. The Kier molecular flexibility index (Phi) is 6.44. The largest absolute Gasteiger partial charge is 0.494 e. The number of carbonyl (C=O) groups is 1. The van der Waals surface area contributed by atoms with Gasteiger partial charge in [-0.15, -0.1) is 0 Å². The topological polar surface area (TPSA) is 73.2 Å². The van der Waals surface area contributed by atoms with E-state index in [2.05, 4.69) is 10.3 Å². The van der Waals surface area contributed by atoms with Crippen LogP contribution < -0.4 is 15.6 Å². The van der Waals surface area contributed by atoms with Gasteiger partial charge in [0.1, 0.15) is 12.3 Å². The smallest absolute Gasteiger partial charge is 0.261 e. The van der Waals surface area contributed by atoms with Crippen molar-refractivity contribution in [2.75, 3.05) is 13.2 Å². The molecule has 3 aromatic rings. The lowest BCUT2D eigenvalue weighted by Crippen LogP contribution is -2.33. The van der Waals surface area contributed by atoms with Gasteiger partial charge in [-0.3, -0.25) is 14.2 Å². The normalized spacial score (nSPS) is 10.7. The van der Waals surface area contributed by atoms with Crippen molar-refractivity contribution in [3.8, 4) is 5.75 Å². The number of unbranched alkanes of at least 4 members (excludes halogenated alkanes) is 1. The molecule has 1 N–H and O–H groups in total. The molecule has 0 unspecified atom stereocenters. The minimum Gasteiger partial charge on any atom is -0.494 e. The van der Waals surface area contributed by atoms with E-state index in [-0.39, 0.29) is 18.0 Å². The Bertz CT molecular complexity index is 970. The van der Waals surface area contributed by atoms with Crippen LogP contribution in [0.25, 0.3) is 10.9 Å². The van der Waals surface area contributed by atoms with Gasteiger partial charge in [0.15, 0.2) is 0 Å². The standard InChI is InChI=1S/C20H20ClN3O3/c21-15-7-9-16(10-8-15)27-12-4-3-11-22-19(25)13-24-14-23-18-6-2-1-5-17(18)20(24)26/h1-2,5-10,14H,3-4,11-13H2,(H,22,25). The van der Waals surface area contributed by atoms with Crippen molar-refractivity contribution in [1.29, 1.82) is 0 Å². The lowest BCUT2D eigenvalue weighted by atomic mass is 10.2. The van der Waals surface area contributed by atoms with Gasteiger partial charge >= 0.3 is 0 Å². The summed E-state index contributed by atoms with van der Waals surface area (Å²) in [6.07, 6.45) is 2.99. The first-order valence-corrected chi connectivity index (χ1v) is 9.10. The lowest BCUT2D eigenvalue weighted by Gasteiger charge is -2.09. The van der Waals surface area contributed by atoms with Crippen molar-refractivity contribution in [3.63, 3.8) is 0 Å². The maximum absolute atomic E-state index is 12.4. The maximum Gasteiger partial charge on any atom is 0.261 e. The van der Waals surface area contributed by atoms with Crippen LogP contribution in [0.2, 0.25) is 5.02 Å². The van der Waals surface area contributed by atoms with Crippen LogP contribution in [0.15, 0.2) is 59.7 Å². The highest BCUT2D eigenvalue weighted by molar-refractivity contribution is 6.30. The van der Waals surface area contributed by atoms with E-state index in [0.717, 1.165) is 18.6 Å². The summed E-state index contributed by atoms with van der Waals surface area (Å²) in [5.41, 5.74) is 0.409. The van der Waals surface area contributed by atoms with Crippen LogP contribution >= 0.6 is 11.6 Å². The molecule has 3 rings (SSSR count). The third-order valence-electron chi connectivity index (χ3n) is 4.02. The third-order valence-corrected chi connectivity index (χ3v) is 4.27. The van der Waals surface area contributed by atoms with E-state index in [1.54, 1.807) is 30.3 Å². The molecular formula is C20H20ClN3O3. The first-order chi connectivity index (χ1) is 13.1. The molecule has 0 saturated heterocycles. The molecule has 0 fully saturated rings. The molecule has 2 aromatic carbocycles. The van der Waals surface area contributed by atoms with Gasteiger partial charge in [0, 0.05) is 11.6 Å². The number of hydrogen-bond donors (Lipinski definition) is 1. The average molecular weight is 386 g/mol. The molecule has 0 aliphatic heterocycles. The van der Waals surface area contributed by atoms with Crippen molar-refractivity contribution in [3.05, 3.63) is 70.2 Å². The summed E-state index contributed by atoms with van der Waals surface area (Å²) in [4.78, 5) is 28.6. The van der Waals surface area contributed by atoms with Gasteiger partial charge in [0.2, 0.25) is 5.91 Å². The second kappa shape index (κ2) is 9.19. The lowest BCUT2D eigenvalue weighted by molar-refractivity contribution is -0.121. The minimum atomic E-state index is -0.216. The number of nitrogens with zero attached hydrogens (tertiary/aromatic N) is 2. The molecule has 0 atom stereocenters. The fourth-order valence-electron chi connectivity index (χ4n) is 2.61. The predicted octanol–water partition coefficient (Wildman–Crippen LogP) is 3.03. The summed E-state index contributed by atoms with van der Waals surface area (Å²) in [6.45, 7) is 1.04. The number of aromatic nitrogens is 2. The van der Waals surface area contributed by atoms with E-state index < -0.39 is 0 Å². The molecule has 1 aromatic heterocycles. The van der Waals surface area contributed by atoms with Crippen molar-refractivity contribution < 1.29 is 9.53 Å². The van der Waals surface area contributed by atoms with Crippen molar-refractivity contribution >= 4 is 28.4 Å². The first-order valence-electron chi connectivity index (χ1n) is 8.73. The number of amides is 1. The quantitative estimate of drug-likeness (QED) is 0.605. The van der Waals surface area contributed by atoms with Crippen LogP contribution in [0.1, 0.15) is 12.8 Å². The van der Waals surface area contributed by atoms with Crippen LogP contribution in [-0.2, 0) is 11.3 Å². The van der Waals surface area contributed by atoms with Gasteiger partial charge in [-0.1, -0.05) is 23.7 Å². The highest BCUT2D eigenvalue weighted by Crippen LogP contribution is 2.15. The number of benzene rings is 2. The van der Waals surface area contributed by atoms with Gasteiger partial charge < -0.3 is 10.1 Å². The Morgan fingerprint density at radius 2 is 1.89 bits per heavy atom. The Balaban J connectivity index is 1.39. The van der Waals surface area contributed by atoms with Crippen LogP contribution in [0, 0.1) is 0 Å². The molecule has 27 heavy (non-hydrogen) atoms. The van der Waals surface area contributed by atoms with Crippen LogP contribution in [0.5, 0.6) is 5.75 Å². The maximum atomic E-state index is 12.4. The van der Waals surface area contributed by atoms with E-state index in [1.165, 1.54) is 10.9 Å². The number of halogens is 1. The highest BCUT2D eigenvalue weighted by Gasteiger charge is 2.07. The third kappa shape index (κ3) is 5.31. The van der Waals surface area contributed by atoms with E-state index >= 15 is 0 Å². The van der Waals surface area contributed by atoms with Gasteiger partial charge in [0.25, 0.3) is 5.56 Å². The summed E-state index contributed by atoms with van der Waals surface area (Å²) in [7, 11) is 0. The Morgan fingerprint density at radius 1 is 1.11 bits per heavy atom. The molecule has 0 spiro atoms. The molecule has 0 aliphatic rings. The summed E-state index contributed by atoms with van der Waals surface area (Å²) in [5, 5.41) is 3.99. The molecule has 7 heteroatoms. The summed E-state index contributed by atoms with van der Waals surface area (Å²) in [6, 6.07) is 14.3. The first kappa shape index (κ1) is 18.9. The zero-order valence-electron chi connectivity index (χ0n) is 14.7. The Hall–Kier alpha value is -2.86. The molecular weight excluding hydrogens is 366 g/mol. The van der Waals surface area contributed by atoms with E-state index in [1.807, 2.05) is 18.2 Å². The Morgan fingerprint density at radius 3 is 2.70 bits per heavy atom. The van der Waals surface area contributed by atoms with Crippen molar-refractivity contribution in [1.82, 2.24) is 14.9 Å². The molecule has 1 heterocycles. The molecule has 0 aliphatic carbocycles. The number of hydrogen-bond acceptors (Lipinski definition) is 4. The van der Waals surface area contributed by atoms with Crippen LogP contribution in [-0.4, -0.2) is 28.6 Å². The SMILES string of the molecule is O=C(Cn1cnc2ccccc2c1=O)NCCCCOc1ccc(Cl)cc1. The second-order valence-corrected chi connectivity index (χ2v) is 6.49. The minimum absolute atomic E-state index is 0.0437. The van der Waals surface area contributed by atoms with Gasteiger partial charge in [0.05, 0.1) is 23.8 Å². The van der Waals surface area contributed by atoms with Gasteiger partial charge in [-0.25, -0.2) is 4.98 Å². The van der Waals surface area contributed by atoms with Crippen LogP contribution in [0.3, 0.4) is 0 Å². The van der Waals surface area contributed by atoms with E-state index in [9.17, 15) is 9.59 Å². The highest BCUT2D eigenvalue weighted by atomic mass is 35.5. The molecule has 6 nitrogen and oxygen atoms in total. The molecule has 0 bridgehead atoms. The van der Waals surface area contributed by atoms with Crippen molar-refractivity contribution in [2.24, 2.45) is 0 Å². The number of nitrogens with one attached hydrogen (secondary N) is 1. The van der Waals surface area contributed by atoms with Crippen molar-refractivity contribution in [2.45, 2.75) is 19.4 Å². The zero-order valence-corrected chi connectivity index (χ0v) is 15.5. The number of carbonyl (C=O) groups excluding carboxylic acids is 1. The summed E-state index contributed by atoms with van der Waals surface area (Å²) >= 11 is 5.82. The van der Waals surface area contributed by atoms with Crippen LogP contribution in [0.4, 0.5) is 0 Å². The second-order valence-electron chi connectivity index (χ2n) is 6.05. The number of para-hydroxylation sites is 1. The monoisotopic (exact) mass is 385 g/mol. The molecule has 0 radical (unpaired) electrons.